The average Bonchev–Trinajstić information content (AvgIpc) is 2.72. The molecule has 0 saturated carbocycles. The first-order valence-electron chi connectivity index (χ1n) is 9.85. The van der Waals surface area contributed by atoms with Crippen molar-refractivity contribution in [3.63, 3.8) is 0 Å². The zero-order valence-corrected chi connectivity index (χ0v) is 17.3. The molecule has 1 fully saturated rings. The van der Waals surface area contributed by atoms with Gasteiger partial charge in [0.05, 0.1) is 11.4 Å². The summed E-state index contributed by atoms with van der Waals surface area (Å²) in [5.74, 6) is 1.03. The number of nitrogens with one attached hydrogen (secondary N) is 1. The molecule has 2 aliphatic rings. The topological polar surface area (TPSA) is 88.2 Å². The van der Waals surface area contributed by atoms with Crippen molar-refractivity contribution in [1.82, 2.24) is 14.5 Å². The fourth-order valence-electron chi connectivity index (χ4n) is 3.43. The van der Waals surface area contributed by atoms with Gasteiger partial charge in [0.15, 0.2) is 11.5 Å². The predicted octanol–water partition coefficient (Wildman–Crippen LogP) is 1.07. The molecule has 1 N–H and O–H groups in total. The molecule has 2 heterocycles. The third-order valence-electron chi connectivity index (χ3n) is 5.20. The van der Waals surface area contributed by atoms with Crippen LogP contribution in [-0.2, 0) is 14.8 Å². The van der Waals surface area contributed by atoms with Crippen molar-refractivity contribution in [1.29, 1.82) is 0 Å². The van der Waals surface area contributed by atoms with Crippen LogP contribution in [0.2, 0.25) is 0 Å². The van der Waals surface area contributed by atoms with Crippen LogP contribution in [0.4, 0.5) is 0 Å². The first-order valence-corrected chi connectivity index (χ1v) is 11.3. The van der Waals surface area contributed by atoms with Crippen LogP contribution < -0.4 is 14.8 Å². The highest BCUT2D eigenvalue weighted by Crippen LogP contribution is 2.33. The Morgan fingerprint density at radius 1 is 1.07 bits per heavy atom. The monoisotopic (exact) mass is 411 g/mol. The number of hydrogen-bond acceptors (Lipinski definition) is 6. The van der Waals surface area contributed by atoms with E-state index in [0.717, 1.165) is 12.8 Å². The maximum Gasteiger partial charge on any atom is 0.243 e. The Morgan fingerprint density at radius 2 is 1.71 bits per heavy atom. The van der Waals surface area contributed by atoms with Crippen LogP contribution in [0.1, 0.15) is 26.7 Å². The van der Waals surface area contributed by atoms with Gasteiger partial charge in [0.2, 0.25) is 15.9 Å². The van der Waals surface area contributed by atoms with Gasteiger partial charge in [-0.1, -0.05) is 13.8 Å². The maximum atomic E-state index is 13.0. The molecule has 8 nitrogen and oxygen atoms in total. The SMILES string of the molecule is CCC(CC)NC(=O)CN1CCN(S(=O)(=O)c2ccc3c(c2)OCCO3)CC1. The number of sulfonamides is 1. The van der Waals surface area contributed by atoms with Gasteiger partial charge in [-0.2, -0.15) is 4.31 Å². The molecule has 0 radical (unpaired) electrons. The lowest BCUT2D eigenvalue weighted by Gasteiger charge is -2.34. The molecule has 28 heavy (non-hydrogen) atoms. The minimum absolute atomic E-state index is 0.00292. The quantitative estimate of drug-likeness (QED) is 0.722. The summed E-state index contributed by atoms with van der Waals surface area (Å²) >= 11 is 0. The molecule has 0 atom stereocenters. The highest BCUT2D eigenvalue weighted by Gasteiger charge is 2.30. The molecule has 0 spiro atoms. The summed E-state index contributed by atoms with van der Waals surface area (Å²) in [5.41, 5.74) is 0. The lowest BCUT2D eigenvalue weighted by molar-refractivity contribution is -0.123. The van der Waals surface area contributed by atoms with Crippen molar-refractivity contribution in [3.8, 4) is 11.5 Å². The van der Waals surface area contributed by atoms with Crippen molar-refractivity contribution < 1.29 is 22.7 Å². The Morgan fingerprint density at radius 3 is 2.36 bits per heavy atom. The second-order valence-corrected chi connectivity index (χ2v) is 9.00. The van der Waals surface area contributed by atoms with E-state index >= 15 is 0 Å². The van der Waals surface area contributed by atoms with E-state index in [-0.39, 0.29) is 16.8 Å². The van der Waals surface area contributed by atoms with Crippen LogP contribution in [-0.4, -0.2) is 75.5 Å². The minimum atomic E-state index is -3.60. The third-order valence-corrected chi connectivity index (χ3v) is 7.10. The molecular formula is C19H29N3O5S. The molecule has 1 saturated heterocycles. The van der Waals surface area contributed by atoms with Crippen molar-refractivity contribution in [3.05, 3.63) is 18.2 Å². The van der Waals surface area contributed by atoms with E-state index in [2.05, 4.69) is 19.2 Å². The third kappa shape index (κ3) is 4.76. The first kappa shape index (κ1) is 20.9. The Balaban J connectivity index is 1.57. The summed E-state index contributed by atoms with van der Waals surface area (Å²) in [6.07, 6.45) is 1.81. The Kier molecular flexibility index (Phi) is 6.79. The molecule has 0 aliphatic carbocycles. The van der Waals surface area contributed by atoms with Crippen molar-refractivity contribution >= 4 is 15.9 Å². The molecule has 1 aromatic carbocycles. The van der Waals surface area contributed by atoms with Crippen LogP contribution in [0.15, 0.2) is 23.1 Å². The molecule has 0 aromatic heterocycles. The molecule has 2 aliphatic heterocycles. The zero-order valence-electron chi connectivity index (χ0n) is 16.5. The molecule has 1 aromatic rings. The molecule has 1 amide bonds. The molecule has 0 bridgehead atoms. The second kappa shape index (κ2) is 9.11. The molecule has 9 heteroatoms. The van der Waals surface area contributed by atoms with Gasteiger partial charge >= 0.3 is 0 Å². The van der Waals surface area contributed by atoms with E-state index in [9.17, 15) is 13.2 Å². The number of ether oxygens (including phenoxy) is 2. The predicted molar refractivity (Wildman–Crippen MR) is 105 cm³/mol. The van der Waals surface area contributed by atoms with Gasteiger partial charge < -0.3 is 14.8 Å². The zero-order chi connectivity index (χ0) is 20.1. The van der Waals surface area contributed by atoms with Gasteiger partial charge in [0.1, 0.15) is 13.2 Å². The Labute approximate surface area is 166 Å². The fourth-order valence-corrected chi connectivity index (χ4v) is 4.87. The Hall–Kier alpha value is -1.84. The molecular weight excluding hydrogens is 382 g/mol. The van der Waals surface area contributed by atoms with Gasteiger partial charge in [-0.15, -0.1) is 0 Å². The lowest BCUT2D eigenvalue weighted by Crippen LogP contribution is -2.51. The van der Waals surface area contributed by atoms with E-state index in [1.54, 1.807) is 12.1 Å². The highest BCUT2D eigenvalue weighted by molar-refractivity contribution is 7.89. The number of hydrogen-bond donors (Lipinski definition) is 1. The van der Waals surface area contributed by atoms with E-state index < -0.39 is 10.0 Å². The summed E-state index contributed by atoms with van der Waals surface area (Å²) in [7, 11) is -3.60. The van der Waals surface area contributed by atoms with Gasteiger partial charge in [-0.3, -0.25) is 9.69 Å². The fraction of sp³-hybridized carbons (Fsp3) is 0.632. The summed E-state index contributed by atoms with van der Waals surface area (Å²) in [5, 5.41) is 3.02. The number of nitrogens with zero attached hydrogens (tertiary/aromatic N) is 2. The van der Waals surface area contributed by atoms with Gasteiger partial charge in [-0.25, -0.2) is 8.42 Å². The number of carbonyl (C=O) groups excluding carboxylic acids is 1. The van der Waals surface area contributed by atoms with Crippen molar-refractivity contribution in [2.45, 2.75) is 37.6 Å². The largest absolute Gasteiger partial charge is 0.486 e. The van der Waals surface area contributed by atoms with E-state index in [1.807, 2.05) is 4.90 Å². The molecule has 3 rings (SSSR count). The van der Waals surface area contributed by atoms with Gasteiger partial charge in [0.25, 0.3) is 0 Å². The normalized spacial score (nSPS) is 18.2. The summed E-state index contributed by atoms with van der Waals surface area (Å²) < 4.78 is 38.3. The number of benzene rings is 1. The molecule has 156 valence electrons. The number of amides is 1. The molecule has 0 unspecified atom stereocenters. The lowest BCUT2D eigenvalue weighted by atomic mass is 10.2. The summed E-state index contributed by atoms with van der Waals surface area (Å²) in [6, 6.07) is 4.92. The van der Waals surface area contributed by atoms with Gasteiger partial charge in [0, 0.05) is 38.3 Å². The van der Waals surface area contributed by atoms with E-state index in [4.69, 9.17) is 9.47 Å². The van der Waals surface area contributed by atoms with Crippen LogP contribution >= 0.6 is 0 Å². The number of rotatable bonds is 7. The highest BCUT2D eigenvalue weighted by atomic mass is 32.2. The summed E-state index contributed by atoms with van der Waals surface area (Å²) in [6.45, 7) is 7.05. The average molecular weight is 412 g/mol. The standard InChI is InChI=1S/C19H29N3O5S/c1-3-15(4-2)20-19(23)14-21-7-9-22(10-8-21)28(24,25)16-5-6-17-18(13-16)27-12-11-26-17/h5-6,13,15H,3-4,7-12,14H2,1-2H3,(H,20,23). The van der Waals surface area contributed by atoms with Crippen LogP contribution in [0.3, 0.4) is 0 Å². The van der Waals surface area contributed by atoms with Crippen LogP contribution in [0.5, 0.6) is 11.5 Å². The van der Waals surface area contributed by atoms with Gasteiger partial charge in [-0.05, 0) is 25.0 Å². The van der Waals surface area contributed by atoms with Crippen molar-refractivity contribution in [2.75, 3.05) is 45.9 Å². The Bertz CT molecular complexity index is 787. The van der Waals surface area contributed by atoms with Crippen LogP contribution in [0.25, 0.3) is 0 Å². The number of fused-ring (bicyclic) bond motifs is 1. The maximum absolute atomic E-state index is 13.0. The minimum Gasteiger partial charge on any atom is -0.486 e. The second-order valence-electron chi connectivity index (χ2n) is 7.07. The smallest absolute Gasteiger partial charge is 0.243 e. The van der Waals surface area contributed by atoms with E-state index in [1.165, 1.54) is 10.4 Å². The number of piperazine rings is 1. The van der Waals surface area contributed by atoms with E-state index in [0.29, 0.717) is 57.4 Å². The number of carbonyl (C=O) groups is 1. The van der Waals surface area contributed by atoms with Crippen molar-refractivity contribution in [2.24, 2.45) is 0 Å². The first-order chi connectivity index (χ1) is 13.4. The van der Waals surface area contributed by atoms with Crippen LogP contribution in [0, 0.1) is 0 Å². The summed E-state index contributed by atoms with van der Waals surface area (Å²) in [4.78, 5) is 14.4.